The standard InChI is InChI=1S/C15H15F3N4O2/c1-8-9(3-4-12(20-8)15(16,17)18)14(24)21-10-7-11(23)13(10)22-6-2-5-19-22/h2-6,10-11,13,23H,7H2,1H3,(H,21,24)/t10-,11+,13+/m0/s1. The number of rotatable bonds is 3. The van der Waals surface area contributed by atoms with Gasteiger partial charge in [0.15, 0.2) is 0 Å². The smallest absolute Gasteiger partial charge is 0.391 e. The van der Waals surface area contributed by atoms with E-state index in [0.717, 1.165) is 12.1 Å². The Morgan fingerprint density at radius 1 is 1.42 bits per heavy atom. The number of carbonyl (C=O) groups excluding carboxylic acids is 1. The van der Waals surface area contributed by atoms with Gasteiger partial charge in [0.2, 0.25) is 0 Å². The number of aliphatic hydroxyl groups is 1. The van der Waals surface area contributed by atoms with Gasteiger partial charge in [0.1, 0.15) is 5.69 Å². The van der Waals surface area contributed by atoms with Crippen molar-refractivity contribution in [3.05, 3.63) is 47.5 Å². The van der Waals surface area contributed by atoms with Crippen molar-refractivity contribution >= 4 is 5.91 Å². The summed E-state index contributed by atoms with van der Waals surface area (Å²) in [5.41, 5.74) is -0.966. The highest BCUT2D eigenvalue weighted by molar-refractivity contribution is 5.95. The van der Waals surface area contributed by atoms with E-state index in [-0.39, 0.29) is 17.3 Å². The van der Waals surface area contributed by atoms with Crippen LogP contribution in [-0.4, -0.2) is 37.9 Å². The number of nitrogens with one attached hydrogen (secondary N) is 1. The van der Waals surface area contributed by atoms with Crippen LogP contribution >= 0.6 is 0 Å². The van der Waals surface area contributed by atoms with Crippen LogP contribution in [0.4, 0.5) is 13.2 Å². The van der Waals surface area contributed by atoms with E-state index in [1.807, 2.05) is 0 Å². The Balaban J connectivity index is 1.74. The van der Waals surface area contributed by atoms with Crippen molar-refractivity contribution in [2.45, 2.75) is 37.7 Å². The molecule has 1 fully saturated rings. The first-order valence-corrected chi connectivity index (χ1v) is 7.30. The maximum atomic E-state index is 12.6. The maximum Gasteiger partial charge on any atom is 0.433 e. The van der Waals surface area contributed by atoms with E-state index in [0.29, 0.717) is 6.42 Å². The van der Waals surface area contributed by atoms with E-state index in [1.54, 1.807) is 23.1 Å². The lowest BCUT2D eigenvalue weighted by Crippen LogP contribution is -2.56. The fourth-order valence-electron chi connectivity index (χ4n) is 2.78. The van der Waals surface area contributed by atoms with Gasteiger partial charge in [-0.2, -0.15) is 18.3 Å². The molecule has 1 amide bonds. The van der Waals surface area contributed by atoms with Crippen molar-refractivity contribution in [3.8, 4) is 0 Å². The molecule has 24 heavy (non-hydrogen) atoms. The van der Waals surface area contributed by atoms with E-state index in [2.05, 4.69) is 15.4 Å². The molecule has 9 heteroatoms. The highest BCUT2D eigenvalue weighted by atomic mass is 19.4. The van der Waals surface area contributed by atoms with Gasteiger partial charge in [-0.3, -0.25) is 9.48 Å². The summed E-state index contributed by atoms with van der Waals surface area (Å²) in [4.78, 5) is 15.8. The first-order valence-electron chi connectivity index (χ1n) is 7.30. The minimum atomic E-state index is -4.55. The second-order valence-electron chi connectivity index (χ2n) is 5.69. The summed E-state index contributed by atoms with van der Waals surface area (Å²) in [5.74, 6) is -0.525. The third-order valence-electron chi connectivity index (χ3n) is 4.07. The molecular formula is C15H15F3N4O2. The zero-order valence-corrected chi connectivity index (χ0v) is 12.7. The minimum Gasteiger partial charge on any atom is -0.391 e. The number of aromatic nitrogens is 3. The van der Waals surface area contributed by atoms with Crippen molar-refractivity contribution in [2.24, 2.45) is 0 Å². The molecule has 2 aromatic rings. The topological polar surface area (TPSA) is 80.0 Å². The van der Waals surface area contributed by atoms with Gasteiger partial charge < -0.3 is 10.4 Å². The molecule has 2 N–H and O–H groups in total. The van der Waals surface area contributed by atoms with Crippen molar-refractivity contribution < 1.29 is 23.1 Å². The van der Waals surface area contributed by atoms with Crippen LogP contribution in [0.15, 0.2) is 30.6 Å². The number of hydrogen-bond acceptors (Lipinski definition) is 4. The largest absolute Gasteiger partial charge is 0.433 e. The van der Waals surface area contributed by atoms with Crippen LogP contribution in [0.3, 0.4) is 0 Å². The molecule has 1 aliphatic rings. The van der Waals surface area contributed by atoms with Gasteiger partial charge in [0, 0.05) is 12.4 Å². The van der Waals surface area contributed by atoms with Crippen molar-refractivity contribution in [2.75, 3.05) is 0 Å². The number of carbonyl (C=O) groups is 1. The maximum absolute atomic E-state index is 12.6. The summed E-state index contributed by atoms with van der Waals surface area (Å²) < 4.78 is 39.4. The van der Waals surface area contributed by atoms with Gasteiger partial charge in [-0.25, -0.2) is 4.98 Å². The predicted molar refractivity (Wildman–Crippen MR) is 77.1 cm³/mol. The van der Waals surface area contributed by atoms with Crippen LogP contribution in [0.2, 0.25) is 0 Å². The Labute approximate surface area is 135 Å². The molecule has 1 saturated carbocycles. The van der Waals surface area contributed by atoms with Crippen LogP contribution in [0, 0.1) is 6.92 Å². The normalized spacial score (nSPS) is 23.6. The van der Waals surface area contributed by atoms with Crippen LogP contribution in [0.1, 0.15) is 34.2 Å². The highest BCUT2D eigenvalue weighted by Gasteiger charge is 2.43. The lowest BCUT2D eigenvalue weighted by Gasteiger charge is -2.41. The number of nitrogens with zero attached hydrogens (tertiary/aromatic N) is 3. The number of aliphatic hydroxyl groups excluding tert-OH is 1. The van der Waals surface area contributed by atoms with E-state index in [9.17, 15) is 23.1 Å². The SMILES string of the molecule is Cc1nc(C(F)(F)F)ccc1C(=O)N[C@H]1C[C@@H](O)[C@@H]1n1cccn1. The molecule has 2 heterocycles. The van der Waals surface area contributed by atoms with Gasteiger partial charge in [-0.1, -0.05) is 0 Å². The van der Waals surface area contributed by atoms with E-state index in [1.165, 1.54) is 6.92 Å². The molecule has 3 atom stereocenters. The summed E-state index contributed by atoms with van der Waals surface area (Å²) in [6, 6.07) is 2.84. The minimum absolute atomic E-state index is 0.00200. The Morgan fingerprint density at radius 2 is 2.17 bits per heavy atom. The molecule has 6 nitrogen and oxygen atoms in total. The van der Waals surface area contributed by atoms with Crippen molar-refractivity contribution in [1.29, 1.82) is 0 Å². The molecule has 0 aromatic carbocycles. The Bertz CT molecular complexity index is 746. The quantitative estimate of drug-likeness (QED) is 0.891. The summed E-state index contributed by atoms with van der Waals surface area (Å²) in [5, 5.41) is 16.6. The average molecular weight is 340 g/mol. The molecule has 1 aliphatic carbocycles. The second-order valence-corrected chi connectivity index (χ2v) is 5.69. The first kappa shape index (κ1) is 16.4. The molecule has 3 rings (SSSR count). The Hall–Kier alpha value is -2.42. The third-order valence-corrected chi connectivity index (χ3v) is 4.07. The lowest BCUT2D eigenvalue weighted by molar-refractivity contribution is -0.141. The van der Waals surface area contributed by atoms with Crippen LogP contribution in [-0.2, 0) is 6.18 Å². The number of pyridine rings is 1. The zero-order chi connectivity index (χ0) is 17.5. The molecule has 0 spiro atoms. The molecule has 2 aromatic heterocycles. The fourth-order valence-corrected chi connectivity index (χ4v) is 2.78. The molecular weight excluding hydrogens is 325 g/mol. The number of alkyl halides is 3. The summed E-state index contributed by atoms with van der Waals surface area (Å²) in [6.45, 7) is 1.35. The monoisotopic (exact) mass is 340 g/mol. The fraction of sp³-hybridized carbons (Fsp3) is 0.400. The van der Waals surface area contributed by atoms with Crippen molar-refractivity contribution in [3.63, 3.8) is 0 Å². The third kappa shape index (κ3) is 2.99. The van der Waals surface area contributed by atoms with Crippen LogP contribution < -0.4 is 5.32 Å². The van der Waals surface area contributed by atoms with Crippen molar-refractivity contribution in [1.82, 2.24) is 20.1 Å². The molecule has 0 radical (unpaired) electrons. The summed E-state index contributed by atoms with van der Waals surface area (Å²) in [6.07, 6.45) is -1.60. The molecule has 128 valence electrons. The number of hydrogen-bond donors (Lipinski definition) is 2. The molecule has 0 unspecified atom stereocenters. The van der Waals surface area contributed by atoms with Crippen LogP contribution in [0.5, 0.6) is 0 Å². The van der Waals surface area contributed by atoms with E-state index >= 15 is 0 Å². The van der Waals surface area contributed by atoms with Gasteiger partial charge in [0.25, 0.3) is 5.91 Å². The summed E-state index contributed by atoms with van der Waals surface area (Å²) in [7, 11) is 0. The highest BCUT2D eigenvalue weighted by Crippen LogP contribution is 2.33. The van der Waals surface area contributed by atoms with E-state index in [4.69, 9.17) is 0 Å². The van der Waals surface area contributed by atoms with E-state index < -0.39 is 29.9 Å². The zero-order valence-electron chi connectivity index (χ0n) is 12.7. The summed E-state index contributed by atoms with van der Waals surface area (Å²) >= 11 is 0. The van der Waals surface area contributed by atoms with Gasteiger partial charge in [-0.05, 0) is 31.5 Å². The average Bonchev–Trinajstić information content (AvgIpc) is 2.98. The lowest BCUT2D eigenvalue weighted by atomic mass is 9.83. The molecule has 0 aliphatic heterocycles. The molecule has 0 bridgehead atoms. The van der Waals surface area contributed by atoms with Gasteiger partial charge in [-0.15, -0.1) is 0 Å². The number of aryl methyl sites for hydroxylation is 1. The number of amides is 1. The molecule has 0 saturated heterocycles. The van der Waals surface area contributed by atoms with Gasteiger partial charge in [0.05, 0.1) is 29.4 Å². The van der Waals surface area contributed by atoms with Crippen LogP contribution in [0.25, 0.3) is 0 Å². The second kappa shape index (κ2) is 5.90. The number of halogens is 3. The Morgan fingerprint density at radius 3 is 2.71 bits per heavy atom. The first-order chi connectivity index (χ1) is 11.3. The predicted octanol–water partition coefficient (Wildman–Crippen LogP) is 1.71. The Kier molecular flexibility index (Phi) is 4.04. The van der Waals surface area contributed by atoms with Gasteiger partial charge >= 0.3 is 6.18 Å².